The summed E-state index contributed by atoms with van der Waals surface area (Å²) in [5.74, 6) is 3.59. The Bertz CT molecular complexity index is 482. The Hall–Kier alpha value is -1.16. The summed E-state index contributed by atoms with van der Waals surface area (Å²) in [6, 6.07) is 0.230. The van der Waals surface area contributed by atoms with Crippen LogP contribution in [-0.2, 0) is 0 Å². The third-order valence-corrected chi connectivity index (χ3v) is 4.50. The maximum Gasteiger partial charge on any atom is 0.250 e. The molecule has 1 aromatic rings. The summed E-state index contributed by atoms with van der Waals surface area (Å²) >= 11 is 1.18. The molecule has 5 nitrogen and oxygen atoms in total. The van der Waals surface area contributed by atoms with E-state index in [2.05, 4.69) is 19.6 Å². The summed E-state index contributed by atoms with van der Waals surface area (Å²) in [6.07, 6.45) is 7.65. The topological polar surface area (TPSA) is 58.5 Å². The van der Waals surface area contributed by atoms with Crippen molar-refractivity contribution in [3.8, 4) is 18.2 Å². The maximum atomic E-state index is 9.93. The van der Waals surface area contributed by atoms with E-state index in [9.17, 15) is 5.11 Å². The largest absolute Gasteiger partial charge is 0.475 e. The van der Waals surface area contributed by atoms with Crippen LogP contribution in [0.3, 0.4) is 0 Å². The van der Waals surface area contributed by atoms with Gasteiger partial charge < -0.3 is 9.84 Å². The molecule has 4 atom stereocenters. The first kappa shape index (κ1) is 12.9. The van der Waals surface area contributed by atoms with Crippen molar-refractivity contribution in [2.75, 3.05) is 19.7 Å². The molecular weight excluding hydrogens is 262 g/mol. The molecule has 0 aromatic carbocycles. The van der Waals surface area contributed by atoms with Crippen LogP contribution in [0.2, 0.25) is 0 Å². The molecule has 0 saturated carbocycles. The van der Waals surface area contributed by atoms with Gasteiger partial charge in [0, 0.05) is 19.5 Å². The summed E-state index contributed by atoms with van der Waals surface area (Å²) in [7, 11) is 0. The van der Waals surface area contributed by atoms with Crippen LogP contribution in [0.5, 0.6) is 5.88 Å². The maximum absolute atomic E-state index is 9.93. The van der Waals surface area contributed by atoms with Gasteiger partial charge in [-0.15, -0.1) is 16.7 Å². The van der Waals surface area contributed by atoms with Crippen LogP contribution in [0.1, 0.15) is 31.0 Å². The first-order valence-electron chi connectivity index (χ1n) is 6.60. The van der Waals surface area contributed by atoms with Crippen molar-refractivity contribution in [1.82, 2.24) is 13.6 Å². The number of hydrogen-bond donors (Lipinski definition) is 1. The molecule has 2 saturated heterocycles. The standard InChI is InChI=1S/C13H17N3O2S/c1-2-3-6-18-13-12(14-19-15-13)10-5-4-9-7-16(10)8-11(9)17/h1,9-11,17H,3-8H2. The van der Waals surface area contributed by atoms with Crippen molar-refractivity contribution < 1.29 is 9.84 Å². The van der Waals surface area contributed by atoms with E-state index in [1.165, 1.54) is 11.7 Å². The summed E-state index contributed by atoms with van der Waals surface area (Å²) in [5.41, 5.74) is 0.912. The fourth-order valence-corrected chi connectivity index (χ4v) is 3.54. The number of aromatic nitrogens is 2. The smallest absolute Gasteiger partial charge is 0.250 e. The van der Waals surface area contributed by atoms with Gasteiger partial charge in [0.1, 0.15) is 12.3 Å². The quantitative estimate of drug-likeness (QED) is 0.660. The van der Waals surface area contributed by atoms with E-state index in [0.717, 1.165) is 31.6 Å². The zero-order chi connectivity index (χ0) is 13.2. The van der Waals surface area contributed by atoms with E-state index in [-0.39, 0.29) is 12.1 Å². The van der Waals surface area contributed by atoms with E-state index in [1.807, 2.05) is 0 Å². The van der Waals surface area contributed by atoms with E-state index in [0.29, 0.717) is 24.8 Å². The highest BCUT2D eigenvalue weighted by Gasteiger charge is 2.41. The average Bonchev–Trinajstić information content (AvgIpc) is 2.97. The zero-order valence-corrected chi connectivity index (χ0v) is 11.5. The van der Waals surface area contributed by atoms with E-state index in [1.54, 1.807) is 0 Å². The van der Waals surface area contributed by atoms with Crippen LogP contribution in [0.15, 0.2) is 0 Å². The summed E-state index contributed by atoms with van der Waals surface area (Å²) in [5, 5.41) is 9.93. The monoisotopic (exact) mass is 279 g/mol. The minimum Gasteiger partial charge on any atom is -0.475 e. The summed E-state index contributed by atoms with van der Waals surface area (Å²) in [6.45, 7) is 2.16. The Balaban J connectivity index is 1.72. The van der Waals surface area contributed by atoms with Crippen molar-refractivity contribution in [3.05, 3.63) is 5.69 Å². The highest BCUT2D eigenvalue weighted by atomic mass is 32.1. The van der Waals surface area contributed by atoms with Crippen LogP contribution >= 0.6 is 11.7 Å². The first-order valence-corrected chi connectivity index (χ1v) is 7.33. The Labute approximate surface area is 116 Å². The number of hydrogen-bond acceptors (Lipinski definition) is 6. The van der Waals surface area contributed by atoms with Gasteiger partial charge in [0.2, 0.25) is 0 Å². The Morgan fingerprint density at radius 2 is 2.32 bits per heavy atom. The number of aliphatic hydroxyl groups is 1. The van der Waals surface area contributed by atoms with Gasteiger partial charge in [0.25, 0.3) is 5.88 Å². The van der Waals surface area contributed by atoms with Gasteiger partial charge in [-0.2, -0.15) is 4.37 Å². The molecule has 0 amide bonds. The van der Waals surface area contributed by atoms with Crippen molar-refractivity contribution in [1.29, 1.82) is 0 Å². The lowest BCUT2D eigenvalue weighted by Crippen LogP contribution is -2.31. The SMILES string of the molecule is C#CCCOc1nsnc1C1CCC2CN1CC2O. The van der Waals surface area contributed by atoms with Crippen LogP contribution in [0.25, 0.3) is 0 Å². The minimum atomic E-state index is -0.192. The number of rotatable bonds is 4. The average molecular weight is 279 g/mol. The second-order valence-electron chi connectivity index (χ2n) is 5.13. The van der Waals surface area contributed by atoms with Crippen molar-refractivity contribution >= 4 is 11.7 Å². The van der Waals surface area contributed by atoms with Crippen molar-refractivity contribution in [3.63, 3.8) is 0 Å². The van der Waals surface area contributed by atoms with Gasteiger partial charge in [-0.3, -0.25) is 4.90 Å². The summed E-state index contributed by atoms with van der Waals surface area (Å²) in [4.78, 5) is 2.30. The number of terminal acetylenes is 1. The van der Waals surface area contributed by atoms with E-state index >= 15 is 0 Å². The van der Waals surface area contributed by atoms with Gasteiger partial charge in [-0.05, 0) is 18.8 Å². The van der Waals surface area contributed by atoms with Gasteiger partial charge in [0.15, 0.2) is 0 Å². The molecule has 2 aliphatic rings. The fourth-order valence-electron chi connectivity index (χ4n) is 2.99. The summed E-state index contributed by atoms with van der Waals surface area (Å²) < 4.78 is 14.2. The highest BCUT2D eigenvalue weighted by Crippen LogP contribution is 2.41. The molecular formula is C13H17N3O2S. The lowest BCUT2D eigenvalue weighted by atomic mass is 9.93. The van der Waals surface area contributed by atoms with Crippen LogP contribution in [-0.4, -0.2) is 44.6 Å². The van der Waals surface area contributed by atoms with Gasteiger partial charge in [-0.1, -0.05) is 0 Å². The lowest BCUT2D eigenvalue weighted by molar-refractivity contribution is 0.144. The molecule has 1 aromatic heterocycles. The Morgan fingerprint density at radius 3 is 3.16 bits per heavy atom. The van der Waals surface area contributed by atoms with Gasteiger partial charge in [0.05, 0.1) is 23.9 Å². The molecule has 0 spiro atoms. The molecule has 0 radical (unpaired) electrons. The van der Waals surface area contributed by atoms with Crippen LogP contribution in [0, 0.1) is 18.3 Å². The molecule has 3 heterocycles. The predicted octanol–water partition coefficient (Wildman–Crippen LogP) is 1.07. The molecule has 19 heavy (non-hydrogen) atoms. The molecule has 2 aliphatic heterocycles. The molecule has 3 rings (SSSR count). The van der Waals surface area contributed by atoms with Gasteiger partial charge in [-0.25, -0.2) is 0 Å². The van der Waals surface area contributed by atoms with Gasteiger partial charge >= 0.3 is 0 Å². The number of nitrogens with zero attached hydrogens (tertiary/aromatic N) is 3. The lowest BCUT2D eigenvalue weighted by Gasteiger charge is -2.30. The zero-order valence-electron chi connectivity index (χ0n) is 10.7. The predicted molar refractivity (Wildman–Crippen MR) is 71.9 cm³/mol. The number of aliphatic hydroxyl groups excluding tert-OH is 1. The molecule has 0 aliphatic carbocycles. The van der Waals surface area contributed by atoms with E-state index < -0.39 is 0 Å². The molecule has 102 valence electrons. The third kappa shape index (κ3) is 2.46. The molecule has 1 N–H and O–H groups in total. The minimum absolute atomic E-state index is 0.192. The molecule has 2 fully saturated rings. The highest BCUT2D eigenvalue weighted by molar-refractivity contribution is 6.99. The number of ether oxygens (including phenoxy) is 1. The third-order valence-electron chi connectivity index (χ3n) is 3.97. The Kier molecular flexibility index (Phi) is 3.69. The fraction of sp³-hybridized carbons (Fsp3) is 0.692. The van der Waals surface area contributed by atoms with Crippen molar-refractivity contribution in [2.45, 2.75) is 31.4 Å². The van der Waals surface area contributed by atoms with Crippen LogP contribution < -0.4 is 4.74 Å². The van der Waals surface area contributed by atoms with Crippen LogP contribution in [0.4, 0.5) is 0 Å². The molecule has 2 bridgehead atoms. The molecule has 4 unspecified atom stereocenters. The second-order valence-corrected chi connectivity index (χ2v) is 5.66. The second kappa shape index (κ2) is 5.45. The molecule has 6 heteroatoms. The van der Waals surface area contributed by atoms with E-state index in [4.69, 9.17) is 11.2 Å². The normalized spacial score (nSPS) is 33.1. The number of piperidine rings is 1. The number of fused-ring (bicyclic) bond motifs is 2. The Morgan fingerprint density at radius 1 is 1.42 bits per heavy atom. The van der Waals surface area contributed by atoms with Crippen molar-refractivity contribution in [2.24, 2.45) is 5.92 Å². The first-order chi connectivity index (χ1) is 9.29.